The molecule has 154 valence electrons. The molecule has 0 aliphatic carbocycles. The Balaban J connectivity index is 2.00. The summed E-state index contributed by atoms with van der Waals surface area (Å²) in [5.74, 6) is -4.31. The van der Waals surface area contributed by atoms with E-state index in [-0.39, 0.29) is 11.6 Å². The zero-order valence-electron chi connectivity index (χ0n) is 16.0. The molecule has 1 aliphatic heterocycles. The van der Waals surface area contributed by atoms with E-state index in [4.69, 9.17) is 0 Å². The van der Waals surface area contributed by atoms with Gasteiger partial charge in [0.05, 0.1) is 0 Å². The summed E-state index contributed by atoms with van der Waals surface area (Å²) in [5.41, 5.74) is -0.309. The molecule has 0 saturated carbocycles. The van der Waals surface area contributed by atoms with Gasteiger partial charge in [-0.05, 0) is 32.8 Å². The lowest BCUT2D eigenvalue weighted by atomic mass is 9.95. The van der Waals surface area contributed by atoms with Crippen molar-refractivity contribution in [1.82, 2.24) is 15.1 Å². The Morgan fingerprint density at radius 1 is 1.21 bits per heavy atom. The number of likely N-dealkylation sites (tertiary alicyclic amines) is 1. The predicted octanol–water partition coefficient (Wildman–Crippen LogP) is 2.38. The van der Waals surface area contributed by atoms with Crippen molar-refractivity contribution < 1.29 is 28.3 Å². The number of aliphatic carboxylic acids is 1. The number of carbonyl (C=O) groups is 3. The first-order chi connectivity index (χ1) is 13.3. The summed E-state index contributed by atoms with van der Waals surface area (Å²) >= 11 is 0. The number of rotatable bonds is 6. The van der Waals surface area contributed by atoms with Crippen LogP contribution < -0.4 is 5.32 Å². The maximum atomic E-state index is 13.9. The van der Waals surface area contributed by atoms with Crippen LogP contribution in [0.3, 0.4) is 0 Å². The number of carbonyl (C=O) groups excluding carboxylic acids is 2. The number of nitrogens with one attached hydrogen (secondary N) is 1. The van der Waals surface area contributed by atoms with E-state index in [1.54, 1.807) is 9.80 Å². The van der Waals surface area contributed by atoms with Crippen LogP contribution in [0.25, 0.3) is 0 Å². The Kier molecular flexibility index (Phi) is 7.31. The van der Waals surface area contributed by atoms with Gasteiger partial charge in [0.25, 0.3) is 0 Å². The number of benzene rings is 1. The Morgan fingerprint density at radius 2 is 1.82 bits per heavy atom. The van der Waals surface area contributed by atoms with E-state index in [1.807, 2.05) is 13.8 Å². The fourth-order valence-electron chi connectivity index (χ4n) is 3.30. The molecule has 1 heterocycles. The molecular formula is C19H25F2N3O4. The Bertz CT molecular complexity index is 732. The molecule has 0 radical (unpaired) electrons. The van der Waals surface area contributed by atoms with Gasteiger partial charge in [0.1, 0.15) is 11.6 Å². The van der Waals surface area contributed by atoms with Crippen molar-refractivity contribution in [2.75, 3.05) is 26.2 Å². The number of carboxylic acid groups (broad SMARTS) is 1. The van der Waals surface area contributed by atoms with Gasteiger partial charge in [0.15, 0.2) is 6.04 Å². The van der Waals surface area contributed by atoms with E-state index >= 15 is 0 Å². The Labute approximate surface area is 162 Å². The fraction of sp³-hybridized carbons (Fsp3) is 0.526. The molecule has 3 amide bonds. The highest BCUT2D eigenvalue weighted by Crippen LogP contribution is 2.22. The average molecular weight is 397 g/mol. The molecule has 0 spiro atoms. The maximum absolute atomic E-state index is 13.9. The average Bonchev–Trinajstić information content (AvgIpc) is 2.67. The van der Waals surface area contributed by atoms with Crippen LogP contribution in [0.15, 0.2) is 18.2 Å². The molecule has 0 aromatic heterocycles. The highest BCUT2D eigenvalue weighted by atomic mass is 19.1. The van der Waals surface area contributed by atoms with Crippen LogP contribution in [-0.2, 0) is 9.59 Å². The second-order valence-corrected chi connectivity index (χ2v) is 6.66. The molecule has 1 aliphatic rings. The third kappa shape index (κ3) is 4.96. The second kappa shape index (κ2) is 9.48. The molecule has 0 bridgehead atoms. The van der Waals surface area contributed by atoms with Gasteiger partial charge in [-0.2, -0.15) is 0 Å². The van der Waals surface area contributed by atoms with Crippen molar-refractivity contribution in [3.8, 4) is 0 Å². The minimum absolute atomic E-state index is 0.0827. The standard InChI is InChI=1S/C19H25F2N3O4/c1-3-23(4-2)19(28)24-9-7-12(8-10-24)17(25)22-16(18(26)27)14-6-5-13(20)11-15(14)21/h5-6,11-12,16H,3-4,7-10H2,1-2H3,(H,22,25)(H,26,27). The van der Waals surface area contributed by atoms with Gasteiger partial charge in [-0.15, -0.1) is 0 Å². The van der Waals surface area contributed by atoms with Crippen molar-refractivity contribution in [3.05, 3.63) is 35.4 Å². The zero-order chi connectivity index (χ0) is 20.8. The summed E-state index contributed by atoms with van der Waals surface area (Å²) in [5, 5.41) is 11.7. The minimum Gasteiger partial charge on any atom is -0.479 e. The molecule has 28 heavy (non-hydrogen) atoms. The van der Waals surface area contributed by atoms with Crippen LogP contribution >= 0.6 is 0 Å². The third-order valence-electron chi connectivity index (χ3n) is 4.98. The van der Waals surface area contributed by atoms with Gasteiger partial charge in [-0.1, -0.05) is 6.07 Å². The maximum Gasteiger partial charge on any atom is 0.331 e. The zero-order valence-corrected chi connectivity index (χ0v) is 16.0. The van der Waals surface area contributed by atoms with Crippen molar-refractivity contribution >= 4 is 17.9 Å². The monoisotopic (exact) mass is 397 g/mol. The molecule has 1 atom stereocenters. The molecule has 9 heteroatoms. The summed E-state index contributed by atoms with van der Waals surface area (Å²) < 4.78 is 27.0. The summed E-state index contributed by atoms with van der Waals surface area (Å²) in [6, 6.07) is 0.839. The lowest BCUT2D eigenvalue weighted by Crippen LogP contribution is -2.49. The number of hydrogen-bond acceptors (Lipinski definition) is 3. The highest BCUT2D eigenvalue weighted by molar-refractivity contribution is 5.86. The van der Waals surface area contributed by atoms with Crippen LogP contribution in [0, 0.1) is 17.6 Å². The number of piperidine rings is 1. The number of nitrogens with zero attached hydrogens (tertiary/aromatic N) is 2. The SMILES string of the molecule is CCN(CC)C(=O)N1CCC(C(=O)NC(C(=O)O)c2ccc(F)cc2F)CC1. The summed E-state index contributed by atoms with van der Waals surface area (Å²) in [6.45, 7) is 5.75. The van der Waals surface area contributed by atoms with E-state index in [0.717, 1.165) is 12.1 Å². The van der Waals surface area contributed by atoms with Gasteiger partial charge >= 0.3 is 12.0 Å². The van der Waals surface area contributed by atoms with E-state index in [9.17, 15) is 28.3 Å². The third-order valence-corrected chi connectivity index (χ3v) is 4.98. The largest absolute Gasteiger partial charge is 0.479 e. The predicted molar refractivity (Wildman–Crippen MR) is 97.5 cm³/mol. The Morgan fingerprint density at radius 3 is 2.32 bits per heavy atom. The lowest BCUT2D eigenvalue weighted by Gasteiger charge is -2.35. The molecule has 1 aromatic carbocycles. The van der Waals surface area contributed by atoms with Gasteiger partial charge in [-0.3, -0.25) is 4.79 Å². The van der Waals surface area contributed by atoms with Gasteiger partial charge in [-0.25, -0.2) is 18.4 Å². The highest BCUT2D eigenvalue weighted by Gasteiger charge is 2.32. The molecule has 1 aromatic rings. The fourth-order valence-corrected chi connectivity index (χ4v) is 3.30. The molecule has 2 rings (SSSR count). The van der Waals surface area contributed by atoms with E-state index in [1.165, 1.54) is 0 Å². The van der Waals surface area contributed by atoms with Crippen molar-refractivity contribution in [2.45, 2.75) is 32.7 Å². The van der Waals surface area contributed by atoms with Crippen molar-refractivity contribution in [3.63, 3.8) is 0 Å². The first kappa shape index (κ1) is 21.6. The minimum atomic E-state index is -1.61. The quantitative estimate of drug-likeness (QED) is 0.771. The number of carboxylic acids is 1. The van der Waals surface area contributed by atoms with Crippen LogP contribution in [0.5, 0.6) is 0 Å². The molecule has 2 N–H and O–H groups in total. The van der Waals surface area contributed by atoms with E-state index in [2.05, 4.69) is 5.32 Å². The topological polar surface area (TPSA) is 90.0 Å². The number of urea groups is 1. The van der Waals surface area contributed by atoms with Crippen molar-refractivity contribution in [1.29, 1.82) is 0 Å². The molecule has 1 unspecified atom stereocenters. The molecular weight excluding hydrogens is 372 g/mol. The summed E-state index contributed by atoms with van der Waals surface area (Å²) in [6.07, 6.45) is 0.772. The second-order valence-electron chi connectivity index (χ2n) is 6.66. The van der Waals surface area contributed by atoms with E-state index < -0.39 is 35.5 Å². The lowest BCUT2D eigenvalue weighted by molar-refractivity contribution is -0.143. The van der Waals surface area contributed by atoms with Crippen molar-refractivity contribution in [2.24, 2.45) is 5.92 Å². The first-order valence-electron chi connectivity index (χ1n) is 9.30. The van der Waals surface area contributed by atoms with Crippen LogP contribution in [-0.4, -0.2) is 59.0 Å². The van der Waals surface area contributed by atoms with Gasteiger partial charge in [0.2, 0.25) is 5.91 Å². The molecule has 1 saturated heterocycles. The van der Waals surface area contributed by atoms with Gasteiger partial charge in [0, 0.05) is 43.7 Å². The number of halogens is 2. The van der Waals surface area contributed by atoms with Gasteiger partial charge < -0.3 is 20.2 Å². The summed E-state index contributed by atoms with van der Waals surface area (Å²) in [7, 11) is 0. The number of amides is 3. The smallest absolute Gasteiger partial charge is 0.331 e. The Hall–Kier alpha value is -2.71. The first-order valence-corrected chi connectivity index (χ1v) is 9.30. The normalized spacial score (nSPS) is 15.8. The van der Waals surface area contributed by atoms with E-state index in [0.29, 0.717) is 45.1 Å². The molecule has 7 nitrogen and oxygen atoms in total. The number of hydrogen-bond donors (Lipinski definition) is 2. The molecule has 1 fully saturated rings. The summed E-state index contributed by atoms with van der Waals surface area (Å²) in [4.78, 5) is 39.7. The van der Waals surface area contributed by atoms with Crippen LogP contribution in [0.1, 0.15) is 38.3 Å². The van der Waals surface area contributed by atoms with Crippen LogP contribution in [0.2, 0.25) is 0 Å². The van der Waals surface area contributed by atoms with Crippen LogP contribution in [0.4, 0.5) is 13.6 Å².